The number of carbonyl (C=O) groups excluding carboxylic acids is 1. The smallest absolute Gasteiger partial charge is 0.225 e. The van der Waals surface area contributed by atoms with Gasteiger partial charge in [0.25, 0.3) is 0 Å². The van der Waals surface area contributed by atoms with Crippen LogP contribution in [0.4, 0.5) is 0 Å². The number of nitrogens with zero attached hydrogens (tertiary/aromatic N) is 1. The van der Waals surface area contributed by atoms with Crippen molar-refractivity contribution in [3.05, 3.63) is 0 Å². The summed E-state index contributed by atoms with van der Waals surface area (Å²) in [6.07, 6.45) is 4.62. The van der Waals surface area contributed by atoms with Crippen LogP contribution >= 0.6 is 0 Å². The van der Waals surface area contributed by atoms with Crippen molar-refractivity contribution in [2.45, 2.75) is 31.7 Å². The highest BCUT2D eigenvalue weighted by Gasteiger charge is 2.34. The van der Waals surface area contributed by atoms with Gasteiger partial charge in [0.2, 0.25) is 5.91 Å². The van der Waals surface area contributed by atoms with Crippen LogP contribution in [-0.2, 0) is 4.79 Å². The average molecular weight is 182 g/mol. The Kier molecular flexibility index (Phi) is 2.54. The quantitative estimate of drug-likeness (QED) is 0.678. The van der Waals surface area contributed by atoms with Gasteiger partial charge in [-0.15, -0.1) is 0 Å². The second kappa shape index (κ2) is 3.66. The highest BCUT2D eigenvalue weighted by Crippen LogP contribution is 2.31. The lowest BCUT2D eigenvalue weighted by Gasteiger charge is -2.32. The van der Waals surface area contributed by atoms with E-state index in [1.807, 2.05) is 11.9 Å². The number of hydrogen-bond donors (Lipinski definition) is 1. The van der Waals surface area contributed by atoms with Crippen molar-refractivity contribution in [1.82, 2.24) is 10.2 Å². The second-order valence-electron chi connectivity index (χ2n) is 4.19. The van der Waals surface area contributed by atoms with E-state index in [1.54, 1.807) is 0 Å². The molecule has 0 aromatic heterocycles. The second-order valence-corrected chi connectivity index (χ2v) is 4.19. The molecular weight excluding hydrogens is 164 g/mol. The first kappa shape index (κ1) is 9.00. The van der Waals surface area contributed by atoms with Crippen LogP contribution in [0.25, 0.3) is 0 Å². The Labute approximate surface area is 79.5 Å². The van der Waals surface area contributed by atoms with Gasteiger partial charge in [-0.3, -0.25) is 4.79 Å². The van der Waals surface area contributed by atoms with E-state index in [4.69, 9.17) is 0 Å². The van der Waals surface area contributed by atoms with Gasteiger partial charge in [-0.1, -0.05) is 0 Å². The molecule has 2 fully saturated rings. The summed E-state index contributed by atoms with van der Waals surface area (Å²) in [5, 5.41) is 3.25. The van der Waals surface area contributed by atoms with Gasteiger partial charge < -0.3 is 10.2 Å². The Bertz CT molecular complexity index is 201. The fourth-order valence-electron chi connectivity index (χ4n) is 2.00. The highest BCUT2D eigenvalue weighted by molar-refractivity contribution is 5.81. The summed E-state index contributed by atoms with van der Waals surface area (Å²) in [6, 6.07) is 0.524. The first-order chi connectivity index (χ1) is 6.31. The maximum Gasteiger partial charge on any atom is 0.225 e. The van der Waals surface area contributed by atoms with Gasteiger partial charge in [-0.05, 0) is 32.7 Å². The van der Waals surface area contributed by atoms with Gasteiger partial charge in [0.1, 0.15) is 0 Å². The summed E-state index contributed by atoms with van der Waals surface area (Å²) < 4.78 is 0. The molecule has 1 aliphatic carbocycles. The number of hydrogen-bond acceptors (Lipinski definition) is 2. The lowest BCUT2D eigenvalue weighted by Crippen LogP contribution is -2.47. The van der Waals surface area contributed by atoms with E-state index in [9.17, 15) is 4.79 Å². The minimum Gasteiger partial charge on any atom is -0.341 e. The summed E-state index contributed by atoms with van der Waals surface area (Å²) >= 11 is 0. The molecule has 1 saturated carbocycles. The van der Waals surface area contributed by atoms with E-state index in [0.29, 0.717) is 17.9 Å². The first-order valence-electron chi connectivity index (χ1n) is 5.27. The Morgan fingerprint density at radius 2 is 2.15 bits per heavy atom. The van der Waals surface area contributed by atoms with E-state index >= 15 is 0 Å². The Morgan fingerprint density at radius 3 is 2.77 bits per heavy atom. The lowest BCUT2D eigenvalue weighted by atomic mass is 10.1. The summed E-state index contributed by atoms with van der Waals surface area (Å²) in [5.41, 5.74) is 0. The van der Waals surface area contributed by atoms with Gasteiger partial charge in [0.05, 0.1) is 0 Å². The predicted molar refractivity (Wildman–Crippen MR) is 51.4 cm³/mol. The molecule has 1 heterocycles. The molecule has 0 spiro atoms. The predicted octanol–water partition coefficient (Wildman–Crippen LogP) is 0.607. The number of likely N-dealkylation sites (N-methyl/N-ethyl adjacent to an activating group) is 1. The molecule has 1 aliphatic heterocycles. The lowest BCUT2D eigenvalue weighted by molar-refractivity contribution is -0.133. The van der Waals surface area contributed by atoms with Crippen LogP contribution < -0.4 is 5.32 Å². The van der Waals surface area contributed by atoms with Crippen molar-refractivity contribution in [3.8, 4) is 0 Å². The fraction of sp³-hybridized carbons (Fsp3) is 0.900. The van der Waals surface area contributed by atoms with Crippen molar-refractivity contribution >= 4 is 5.91 Å². The van der Waals surface area contributed by atoms with Crippen molar-refractivity contribution in [2.75, 3.05) is 20.1 Å². The third kappa shape index (κ3) is 2.02. The summed E-state index contributed by atoms with van der Waals surface area (Å²) in [6.45, 7) is 1.90. The molecule has 1 atom stereocenters. The van der Waals surface area contributed by atoms with E-state index < -0.39 is 0 Å². The zero-order valence-electron chi connectivity index (χ0n) is 8.25. The molecule has 0 radical (unpaired) electrons. The van der Waals surface area contributed by atoms with Crippen LogP contribution in [0.15, 0.2) is 0 Å². The molecule has 2 aliphatic rings. The zero-order chi connectivity index (χ0) is 9.26. The molecule has 0 aromatic carbocycles. The van der Waals surface area contributed by atoms with Crippen molar-refractivity contribution < 1.29 is 4.79 Å². The topological polar surface area (TPSA) is 32.3 Å². The molecule has 1 saturated heterocycles. The molecule has 0 bridgehead atoms. The third-order valence-electron chi connectivity index (χ3n) is 3.07. The minimum atomic E-state index is 0.385. The minimum absolute atomic E-state index is 0.385. The van der Waals surface area contributed by atoms with E-state index in [1.165, 1.54) is 6.42 Å². The molecule has 1 N–H and O–H groups in total. The van der Waals surface area contributed by atoms with Crippen LogP contribution in [0.1, 0.15) is 25.7 Å². The number of carbonyl (C=O) groups is 1. The van der Waals surface area contributed by atoms with E-state index in [2.05, 4.69) is 5.32 Å². The average Bonchev–Trinajstić information content (AvgIpc) is 3.00. The van der Waals surface area contributed by atoms with Crippen molar-refractivity contribution in [2.24, 2.45) is 5.92 Å². The monoisotopic (exact) mass is 182 g/mol. The van der Waals surface area contributed by atoms with Crippen LogP contribution in [0.5, 0.6) is 0 Å². The zero-order valence-corrected chi connectivity index (χ0v) is 8.25. The summed E-state index contributed by atoms with van der Waals surface area (Å²) in [7, 11) is 1.98. The van der Waals surface area contributed by atoms with Gasteiger partial charge in [-0.25, -0.2) is 0 Å². The largest absolute Gasteiger partial charge is 0.341 e. The van der Waals surface area contributed by atoms with Crippen molar-refractivity contribution in [1.29, 1.82) is 0 Å². The first-order valence-corrected chi connectivity index (χ1v) is 5.27. The maximum atomic E-state index is 11.7. The van der Waals surface area contributed by atoms with Gasteiger partial charge in [0.15, 0.2) is 0 Å². The fourth-order valence-corrected chi connectivity index (χ4v) is 2.00. The number of piperidine rings is 1. The molecule has 0 unspecified atom stereocenters. The highest BCUT2D eigenvalue weighted by atomic mass is 16.2. The Balaban J connectivity index is 1.87. The van der Waals surface area contributed by atoms with E-state index in [0.717, 1.165) is 32.4 Å². The van der Waals surface area contributed by atoms with Crippen LogP contribution in [0.3, 0.4) is 0 Å². The van der Waals surface area contributed by atoms with E-state index in [-0.39, 0.29) is 0 Å². The molecule has 1 amide bonds. The van der Waals surface area contributed by atoms with Gasteiger partial charge in [-0.2, -0.15) is 0 Å². The number of likely N-dealkylation sites (tertiary alicyclic amines) is 1. The van der Waals surface area contributed by atoms with Crippen LogP contribution in [0.2, 0.25) is 0 Å². The maximum absolute atomic E-state index is 11.7. The van der Waals surface area contributed by atoms with Gasteiger partial charge >= 0.3 is 0 Å². The number of nitrogens with one attached hydrogen (secondary N) is 1. The van der Waals surface area contributed by atoms with Crippen LogP contribution in [-0.4, -0.2) is 37.0 Å². The molecule has 2 rings (SSSR count). The van der Waals surface area contributed by atoms with Gasteiger partial charge in [0, 0.05) is 25.0 Å². The third-order valence-corrected chi connectivity index (χ3v) is 3.07. The molecular formula is C10H18N2O. The SMILES string of the molecule is CN[C@@H]1CCCN(C(=O)C2CC2)C1. The Hall–Kier alpha value is -0.570. The summed E-state index contributed by atoms with van der Waals surface area (Å²) in [4.78, 5) is 13.8. The molecule has 0 aromatic rings. The Morgan fingerprint density at radius 1 is 1.38 bits per heavy atom. The van der Waals surface area contributed by atoms with Crippen molar-refractivity contribution in [3.63, 3.8) is 0 Å². The number of amides is 1. The standard InChI is InChI=1S/C10H18N2O/c1-11-9-3-2-6-12(7-9)10(13)8-4-5-8/h8-9,11H,2-7H2,1H3/t9-/m1/s1. The normalized spacial score (nSPS) is 29.0. The molecule has 13 heavy (non-hydrogen) atoms. The molecule has 3 nitrogen and oxygen atoms in total. The van der Waals surface area contributed by atoms with Crippen LogP contribution in [0, 0.1) is 5.92 Å². The molecule has 74 valence electrons. The summed E-state index contributed by atoms with van der Waals surface area (Å²) in [5.74, 6) is 0.788. The number of rotatable bonds is 2. The molecule has 3 heteroatoms.